The van der Waals surface area contributed by atoms with Crippen LogP contribution in [-0.2, 0) is 65.4 Å². The number of hydrogen-bond donors (Lipinski definition) is 3. The molecule has 0 aliphatic heterocycles. The molecule has 3 N–H and O–H groups in total. The van der Waals surface area contributed by atoms with Gasteiger partial charge in [-0.15, -0.1) is 0 Å². The molecule has 0 aliphatic rings. The zero-order chi connectivity index (χ0) is 79.3. The zero-order valence-electron chi connectivity index (χ0n) is 71.3. The first-order chi connectivity index (χ1) is 52.3. The number of aliphatic hydroxyl groups is 1. The van der Waals surface area contributed by atoms with Crippen molar-refractivity contribution in [1.29, 1.82) is 0 Å². The predicted molar refractivity (Wildman–Crippen MR) is 446 cm³/mol. The standard InChI is InChI=1S/C89H174O17P2/c1-8-10-11-12-13-14-15-16-17-26-32-37-42-51-58-65-72-89(94)106-85(77-100-87(92)71-64-57-50-45-44-47-54-61-68-81(5)6)79-104-108(97,98)102-75-83(90)74-101-107(95,96)103-78-84(76-99-86(91)70-63-56-49-41-36-31-27-23-22-24-29-34-39-46-53-60-67-80(3)4)105-88(93)73-66-59-52-43-38-33-28-21-19-18-20-25-30-35-40-48-55-62-69-82(7)9-2/h80-85,90H,8-79H2,1-7H3,(H,95,96)(H,97,98)/t82?,83-,84-,85-/m1/s1. The van der Waals surface area contributed by atoms with Crippen LogP contribution in [0.1, 0.15) is 472 Å². The largest absolute Gasteiger partial charge is 0.472 e. The monoisotopic (exact) mass is 1580 g/mol. The highest BCUT2D eigenvalue weighted by Gasteiger charge is 2.31. The third kappa shape index (κ3) is 80.7. The Hall–Kier alpha value is -1.94. The highest BCUT2D eigenvalue weighted by Crippen LogP contribution is 2.45. The fourth-order valence-corrected chi connectivity index (χ4v) is 15.4. The van der Waals surface area contributed by atoms with Crippen molar-refractivity contribution in [3.63, 3.8) is 0 Å². The van der Waals surface area contributed by atoms with Crippen LogP contribution in [-0.4, -0.2) is 96.7 Å². The van der Waals surface area contributed by atoms with Crippen LogP contribution in [0.25, 0.3) is 0 Å². The molecule has 0 fully saturated rings. The van der Waals surface area contributed by atoms with Crippen LogP contribution in [0.3, 0.4) is 0 Å². The summed E-state index contributed by atoms with van der Waals surface area (Å²) >= 11 is 0. The number of phosphoric ester groups is 2. The minimum absolute atomic E-state index is 0.108. The van der Waals surface area contributed by atoms with Gasteiger partial charge in [-0.1, -0.05) is 421 Å². The molecular formula is C89H174O17P2. The van der Waals surface area contributed by atoms with E-state index in [2.05, 4.69) is 48.5 Å². The second-order valence-electron chi connectivity index (χ2n) is 33.2. The Balaban J connectivity index is 5.24. The number of phosphoric acid groups is 2. The molecule has 3 unspecified atom stereocenters. The molecule has 0 aromatic rings. The number of carbonyl (C=O) groups is 4. The van der Waals surface area contributed by atoms with Gasteiger partial charge in [-0.2, -0.15) is 0 Å². The van der Waals surface area contributed by atoms with Gasteiger partial charge in [0, 0.05) is 25.7 Å². The molecule has 0 aromatic carbocycles. The van der Waals surface area contributed by atoms with Crippen LogP contribution >= 0.6 is 15.6 Å². The summed E-state index contributed by atoms with van der Waals surface area (Å²) < 4.78 is 69.0. The maximum Gasteiger partial charge on any atom is 0.472 e. The second kappa shape index (κ2) is 78.9. The summed E-state index contributed by atoms with van der Waals surface area (Å²) in [5, 5.41) is 10.7. The number of unbranched alkanes of at least 4 members (excludes halogenated alkanes) is 54. The molecule has 0 radical (unpaired) electrons. The molecule has 0 aliphatic carbocycles. The maximum atomic E-state index is 13.2. The lowest BCUT2D eigenvalue weighted by Crippen LogP contribution is -2.30. The molecule has 0 saturated heterocycles. The van der Waals surface area contributed by atoms with E-state index in [9.17, 15) is 43.2 Å². The van der Waals surface area contributed by atoms with E-state index in [1.807, 2.05) is 0 Å². The third-order valence-corrected chi connectivity index (χ3v) is 23.1. The van der Waals surface area contributed by atoms with Gasteiger partial charge in [0.2, 0.25) is 0 Å². The molecule has 0 spiro atoms. The number of rotatable bonds is 87. The average Bonchev–Trinajstić information content (AvgIpc) is 0.978. The van der Waals surface area contributed by atoms with Gasteiger partial charge in [0.1, 0.15) is 19.3 Å². The van der Waals surface area contributed by atoms with E-state index in [0.717, 1.165) is 108 Å². The van der Waals surface area contributed by atoms with Gasteiger partial charge in [-0.3, -0.25) is 37.3 Å². The van der Waals surface area contributed by atoms with Crippen LogP contribution < -0.4 is 0 Å². The van der Waals surface area contributed by atoms with Crippen LogP contribution in [0.5, 0.6) is 0 Å². The van der Waals surface area contributed by atoms with Crippen LogP contribution in [0.4, 0.5) is 0 Å². The maximum absolute atomic E-state index is 13.2. The summed E-state index contributed by atoms with van der Waals surface area (Å²) in [5.74, 6) is 0.309. The molecule has 19 heteroatoms. The molecule has 0 aromatic heterocycles. The summed E-state index contributed by atoms with van der Waals surface area (Å²) in [4.78, 5) is 73.3. The minimum Gasteiger partial charge on any atom is -0.462 e. The van der Waals surface area contributed by atoms with Gasteiger partial charge >= 0.3 is 39.5 Å². The molecule has 0 heterocycles. The molecule has 0 amide bonds. The number of esters is 4. The molecular weight excluding hydrogens is 1400 g/mol. The van der Waals surface area contributed by atoms with Crippen molar-refractivity contribution in [3.8, 4) is 0 Å². The summed E-state index contributed by atoms with van der Waals surface area (Å²) in [6.45, 7) is 12.1. The van der Waals surface area contributed by atoms with Crippen molar-refractivity contribution in [2.45, 2.75) is 491 Å². The van der Waals surface area contributed by atoms with Gasteiger partial charge in [-0.05, 0) is 43.4 Å². The highest BCUT2D eigenvalue weighted by atomic mass is 31.2. The Kier molecular flexibility index (Phi) is 77.5. The molecule has 0 rings (SSSR count). The molecule has 6 atom stereocenters. The van der Waals surface area contributed by atoms with Gasteiger partial charge in [0.15, 0.2) is 12.2 Å². The Bertz CT molecular complexity index is 2080. The van der Waals surface area contributed by atoms with Crippen molar-refractivity contribution < 1.29 is 80.2 Å². The van der Waals surface area contributed by atoms with E-state index in [1.165, 1.54) is 283 Å². The lowest BCUT2D eigenvalue weighted by molar-refractivity contribution is -0.161. The van der Waals surface area contributed by atoms with E-state index >= 15 is 0 Å². The quantitative estimate of drug-likeness (QED) is 0.0222. The van der Waals surface area contributed by atoms with Crippen molar-refractivity contribution in [1.82, 2.24) is 0 Å². The third-order valence-electron chi connectivity index (χ3n) is 21.2. The smallest absolute Gasteiger partial charge is 0.462 e. The Morgan fingerprint density at radius 2 is 0.472 bits per heavy atom. The van der Waals surface area contributed by atoms with Crippen LogP contribution in [0.2, 0.25) is 0 Å². The number of carbonyl (C=O) groups excluding carboxylic acids is 4. The fraction of sp³-hybridized carbons (Fsp3) is 0.955. The minimum atomic E-state index is -4.97. The number of hydrogen-bond acceptors (Lipinski definition) is 15. The molecule has 17 nitrogen and oxygen atoms in total. The van der Waals surface area contributed by atoms with Gasteiger partial charge in [-0.25, -0.2) is 9.13 Å². The second-order valence-corrected chi connectivity index (χ2v) is 36.1. The van der Waals surface area contributed by atoms with Crippen molar-refractivity contribution in [3.05, 3.63) is 0 Å². The molecule has 0 saturated carbocycles. The summed E-state index contributed by atoms with van der Waals surface area (Å²) in [7, 11) is -9.93. The SMILES string of the molecule is CCCCCCCCCCCCCCCCCCC(=O)O[C@H](COC(=O)CCCCCCCCCCC(C)C)COP(=O)(O)OC[C@H](O)COP(=O)(O)OC[C@@H](COC(=O)CCCCCCCCCCCCCCCCCCC(C)C)OC(=O)CCCCCCCCCCCCCCCCCCCCC(C)CC. The van der Waals surface area contributed by atoms with Crippen molar-refractivity contribution in [2.24, 2.45) is 17.8 Å². The zero-order valence-corrected chi connectivity index (χ0v) is 73.1. The molecule has 0 bridgehead atoms. The summed E-state index contributed by atoms with van der Waals surface area (Å²) in [6, 6.07) is 0. The van der Waals surface area contributed by atoms with Crippen LogP contribution in [0.15, 0.2) is 0 Å². The highest BCUT2D eigenvalue weighted by molar-refractivity contribution is 7.47. The Morgan fingerprint density at radius 1 is 0.269 bits per heavy atom. The molecule has 642 valence electrons. The van der Waals surface area contributed by atoms with E-state index in [1.54, 1.807) is 0 Å². The lowest BCUT2D eigenvalue weighted by atomic mass is 9.99. The van der Waals surface area contributed by atoms with Crippen molar-refractivity contribution >= 4 is 39.5 Å². The summed E-state index contributed by atoms with van der Waals surface area (Å²) in [6.07, 6.45) is 70.8. The van der Waals surface area contributed by atoms with Crippen LogP contribution in [0, 0.1) is 17.8 Å². The van der Waals surface area contributed by atoms with Gasteiger partial charge in [0.05, 0.1) is 26.4 Å². The van der Waals surface area contributed by atoms with E-state index in [0.29, 0.717) is 25.7 Å². The van der Waals surface area contributed by atoms with Gasteiger partial charge in [0.25, 0.3) is 0 Å². The first-order valence-electron chi connectivity index (χ1n) is 45.9. The van der Waals surface area contributed by atoms with Crippen molar-refractivity contribution in [2.75, 3.05) is 39.6 Å². The first-order valence-corrected chi connectivity index (χ1v) is 48.9. The van der Waals surface area contributed by atoms with E-state index in [-0.39, 0.29) is 25.7 Å². The van der Waals surface area contributed by atoms with Gasteiger partial charge < -0.3 is 33.8 Å². The van der Waals surface area contributed by atoms with E-state index in [4.69, 9.17) is 37.0 Å². The summed E-state index contributed by atoms with van der Waals surface area (Å²) in [5.41, 5.74) is 0. The normalized spacial score (nSPS) is 14.1. The fourth-order valence-electron chi connectivity index (χ4n) is 13.9. The number of aliphatic hydroxyl groups excluding tert-OH is 1. The Morgan fingerprint density at radius 3 is 0.704 bits per heavy atom. The predicted octanol–water partition coefficient (Wildman–Crippen LogP) is 27.3. The Labute approximate surface area is 664 Å². The lowest BCUT2D eigenvalue weighted by Gasteiger charge is -2.21. The topological polar surface area (TPSA) is 237 Å². The molecule has 108 heavy (non-hydrogen) atoms. The average molecular weight is 1580 g/mol. The number of ether oxygens (including phenoxy) is 4. The first kappa shape index (κ1) is 106. The van der Waals surface area contributed by atoms with E-state index < -0.39 is 97.5 Å².